The van der Waals surface area contributed by atoms with Gasteiger partial charge in [-0.15, -0.1) is 0 Å². The number of carbonyl (C=O) groups is 1. The van der Waals surface area contributed by atoms with E-state index in [0.29, 0.717) is 22.9 Å². The number of sulfonamides is 1. The van der Waals surface area contributed by atoms with Crippen molar-refractivity contribution in [2.75, 3.05) is 23.3 Å². The van der Waals surface area contributed by atoms with Gasteiger partial charge in [-0.05, 0) is 55.8 Å². The van der Waals surface area contributed by atoms with Gasteiger partial charge in [-0.1, -0.05) is 29.8 Å². The molecule has 0 fully saturated rings. The highest BCUT2D eigenvalue weighted by Gasteiger charge is 2.37. The van der Waals surface area contributed by atoms with Crippen LogP contribution in [-0.2, 0) is 14.8 Å². The predicted molar refractivity (Wildman–Crippen MR) is 123 cm³/mol. The van der Waals surface area contributed by atoms with Gasteiger partial charge in [0, 0.05) is 11.8 Å². The number of ether oxygens (including phenoxy) is 2. The molecule has 1 heterocycles. The summed E-state index contributed by atoms with van der Waals surface area (Å²) in [6.07, 6.45) is -1.03. The van der Waals surface area contributed by atoms with Crippen LogP contribution >= 0.6 is 0 Å². The van der Waals surface area contributed by atoms with E-state index in [-0.39, 0.29) is 11.4 Å². The van der Waals surface area contributed by atoms with Crippen molar-refractivity contribution in [3.8, 4) is 11.5 Å². The van der Waals surface area contributed by atoms with E-state index in [9.17, 15) is 13.2 Å². The molecule has 1 atom stereocenters. The molecule has 0 radical (unpaired) electrons. The van der Waals surface area contributed by atoms with E-state index in [1.54, 1.807) is 60.7 Å². The average Bonchev–Trinajstić information content (AvgIpc) is 2.78. The first-order valence-corrected chi connectivity index (χ1v) is 11.5. The standard InChI is InChI=1S/C24H24N2O5S/c1-16-7-10-20(11-8-16)32(28,29)26-15-23(31-22-13-17(2)9-12-21(22)26)24(27)25-18-5-4-6-19(14-18)30-3/h4-14,23H,15H2,1-3H3,(H,25,27). The molecule has 1 amide bonds. The normalized spacial score (nSPS) is 15.5. The van der Waals surface area contributed by atoms with Gasteiger partial charge in [0.1, 0.15) is 11.5 Å². The van der Waals surface area contributed by atoms with E-state index in [1.807, 2.05) is 19.9 Å². The van der Waals surface area contributed by atoms with E-state index in [0.717, 1.165) is 11.1 Å². The minimum Gasteiger partial charge on any atom is -0.497 e. The summed E-state index contributed by atoms with van der Waals surface area (Å²) in [5, 5.41) is 2.79. The zero-order chi connectivity index (χ0) is 22.9. The zero-order valence-corrected chi connectivity index (χ0v) is 18.8. The molecule has 1 unspecified atom stereocenters. The maximum absolute atomic E-state index is 13.5. The number of amides is 1. The van der Waals surface area contributed by atoms with Crippen LogP contribution in [0.5, 0.6) is 11.5 Å². The monoisotopic (exact) mass is 452 g/mol. The number of rotatable bonds is 5. The number of aryl methyl sites for hydroxylation is 2. The molecule has 0 saturated carbocycles. The van der Waals surface area contributed by atoms with Crippen LogP contribution in [-0.4, -0.2) is 34.1 Å². The molecule has 32 heavy (non-hydrogen) atoms. The number of hydrogen-bond donors (Lipinski definition) is 1. The molecule has 0 bridgehead atoms. The second-order valence-corrected chi connectivity index (χ2v) is 9.51. The SMILES string of the molecule is COc1cccc(NC(=O)C2CN(S(=O)(=O)c3ccc(C)cc3)c3ccc(C)cc3O2)c1. The summed E-state index contributed by atoms with van der Waals surface area (Å²) in [4.78, 5) is 13.2. The fraction of sp³-hybridized carbons (Fsp3) is 0.208. The Morgan fingerprint density at radius 3 is 2.47 bits per heavy atom. The van der Waals surface area contributed by atoms with Gasteiger partial charge in [0.25, 0.3) is 15.9 Å². The first-order chi connectivity index (χ1) is 15.3. The molecule has 0 aromatic heterocycles. The van der Waals surface area contributed by atoms with Crippen LogP contribution in [0.25, 0.3) is 0 Å². The second kappa shape index (κ2) is 8.55. The molecule has 8 heteroatoms. The molecule has 0 spiro atoms. The molecule has 166 valence electrons. The van der Waals surface area contributed by atoms with E-state index in [1.165, 1.54) is 11.4 Å². The highest BCUT2D eigenvalue weighted by Crippen LogP contribution is 2.38. The summed E-state index contributed by atoms with van der Waals surface area (Å²) in [6.45, 7) is 3.62. The highest BCUT2D eigenvalue weighted by atomic mass is 32.2. The lowest BCUT2D eigenvalue weighted by Crippen LogP contribution is -2.48. The predicted octanol–water partition coefficient (Wildman–Crippen LogP) is 3.91. The number of fused-ring (bicyclic) bond motifs is 1. The van der Waals surface area contributed by atoms with E-state index in [4.69, 9.17) is 9.47 Å². The lowest BCUT2D eigenvalue weighted by Gasteiger charge is -2.35. The first kappa shape index (κ1) is 21.7. The number of benzene rings is 3. The third-order valence-corrected chi connectivity index (χ3v) is 7.02. The van der Waals surface area contributed by atoms with Gasteiger partial charge in [-0.2, -0.15) is 0 Å². The van der Waals surface area contributed by atoms with Crippen LogP contribution in [0.1, 0.15) is 11.1 Å². The minimum atomic E-state index is -3.90. The smallest absolute Gasteiger partial charge is 0.267 e. The molecule has 7 nitrogen and oxygen atoms in total. The molecule has 1 aliphatic heterocycles. The van der Waals surface area contributed by atoms with Crippen LogP contribution in [0, 0.1) is 13.8 Å². The van der Waals surface area contributed by atoms with Gasteiger partial charge in [-0.25, -0.2) is 8.42 Å². The maximum Gasteiger partial charge on any atom is 0.267 e. The van der Waals surface area contributed by atoms with Crippen LogP contribution in [0.3, 0.4) is 0 Å². The van der Waals surface area contributed by atoms with Crippen molar-refractivity contribution < 1.29 is 22.7 Å². The quantitative estimate of drug-likeness (QED) is 0.635. The van der Waals surface area contributed by atoms with Crippen LogP contribution in [0.4, 0.5) is 11.4 Å². The van der Waals surface area contributed by atoms with Crippen LogP contribution in [0.15, 0.2) is 71.6 Å². The Kier molecular flexibility index (Phi) is 5.80. The summed E-state index contributed by atoms with van der Waals surface area (Å²) >= 11 is 0. The minimum absolute atomic E-state index is 0.151. The molecule has 3 aromatic rings. The first-order valence-electron chi connectivity index (χ1n) is 10.1. The van der Waals surface area contributed by atoms with Crippen molar-refractivity contribution in [3.05, 3.63) is 77.9 Å². The highest BCUT2D eigenvalue weighted by molar-refractivity contribution is 7.92. The molecule has 1 aliphatic rings. The van der Waals surface area contributed by atoms with E-state index >= 15 is 0 Å². The Morgan fingerprint density at radius 1 is 1.03 bits per heavy atom. The second-order valence-electron chi connectivity index (χ2n) is 7.65. The Bertz CT molecular complexity index is 1260. The maximum atomic E-state index is 13.5. The number of hydrogen-bond acceptors (Lipinski definition) is 5. The van der Waals surface area contributed by atoms with Crippen molar-refractivity contribution in [1.29, 1.82) is 0 Å². The van der Waals surface area contributed by atoms with Gasteiger partial charge >= 0.3 is 0 Å². The molecular weight excluding hydrogens is 428 g/mol. The summed E-state index contributed by atoms with van der Waals surface area (Å²) in [5.41, 5.74) is 2.78. The fourth-order valence-electron chi connectivity index (χ4n) is 3.49. The third kappa shape index (κ3) is 4.27. The van der Waals surface area contributed by atoms with Crippen molar-refractivity contribution >= 4 is 27.3 Å². The van der Waals surface area contributed by atoms with E-state index in [2.05, 4.69) is 5.32 Å². The van der Waals surface area contributed by atoms with Crippen molar-refractivity contribution in [1.82, 2.24) is 0 Å². The van der Waals surface area contributed by atoms with Gasteiger partial charge < -0.3 is 14.8 Å². The van der Waals surface area contributed by atoms with Crippen LogP contribution < -0.4 is 19.1 Å². The zero-order valence-electron chi connectivity index (χ0n) is 18.0. The topological polar surface area (TPSA) is 84.9 Å². The third-order valence-electron chi connectivity index (χ3n) is 5.22. The molecule has 3 aromatic carbocycles. The van der Waals surface area contributed by atoms with Gasteiger partial charge in [-0.3, -0.25) is 9.10 Å². The average molecular weight is 453 g/mol. The lowest BCUT2D eigenvalue weighted by atomic mass is 10.1. The number of anilines is 2. The molecular formula is C24H24N2O5S. The van der Waals surface area contributed by atoms with Gasteiger partial charge in [0.15, 0.2) is 6.10 Å². The molecule has 4 rings (SSSR count). The summed E-state index contributed by atoms with van der Waals surface area (Å²) < 4.78 is 39.3. The van der Waals surface area contributed by atoms with E-state index < -0.39 is 22.0 Å². The van der Waals surface area contributed by atoms with Crippen LogP contribution in [0.2, 0.25) is 0 Å². The Labute approximate surface area is 187 Å². The van der Waals surface area contributed by atoms with Crippen molar-refractivity contribution in [3.63, 3.8) is 0 Å². The number of methoxy groups -OCH3 is 1. The molecule has 0 saturated heterocycles. The van der Waals surface area contributed by atoms with Crippen molar-refractivity contribution in [2.24, 2.45) is 0 Å². The Balaban J connectivity index is 1.68. The Morgan fingerprint density at radius 2 is 1.75 bits per heavy atom. The largest absolute Gasteiger partial charge is 0.497 e. The number of carbonyl (C=O) groups excluding carboxylic acids is 1. The summed E-state index contributed by atoms with van der Waals surface area (Å²) in [5.74, 6) is 0.490. The number of nitrogens with zero attached hydrogens (tertiary/aromatic N) is 1. The van der Waals surface area contributed by atoms with Gasteiger partial charge in [0.2, 0.25) is 0 Å². The summed E-state index contributed by atoms with van der Waals surface area (Å²) in [7, 11) is -2.36. The van der Waals surface area contributed by atoms with Crippen molar-refractivity contribution in [2.45, 2.75) is 24.8 Å². The fourth-order valence-corrected chi connectivity index (χ4v) is 4.96. The van der Waals surface area contributed by atoms with Gasteiger partial charge in [0.05, 0.1) is 24.2 Å². The summed E-state index contributed by atoms with van der Waals surface area (Å²) in [6, 6.07) is 18.8. The molecule has 1 N–H and O–H groups in total. The lowest BCUT2D eigenvalue weighted by molar-refractivity contribution is -0.122. The Hall–Kier alpha value is -3.52. The number of nitrogens with one attached hydrogen (secondary N) is 1. The molecule has 0 aliphatic carbocycles.